The van der Waals surface area contributed by atoms with Gasteiger partial charge in [-0.25, -0.2) is 24.8 Å². The number of aromatic nitrogens is 5. The van der Waals surface area contributed by atoms with Crippen molar-refractivity contribution in [2.75, 3.05) is 0 Å². The van der Waals surface area contributed by atoms with E-state index in [2.05, 4.69) is 35.8 Å². The average Bonchev–Trinajstić information content (AvgIpc) is 3.52. The third kappa shape index (κ3) is 3.30. The van der Waals surface area contributed by atoms with E-state index >= 15 is 0 Å². The molecule has 0 atom stereocenters. The lowest BCUT2D eigenvalue weighted by molar-refractivity contribution is 0.605. The summed E-state index contributed by atoms with van der Waals surface area (Å²) in [5, 5.41) is 9.40. The van der Waals surface area contributed by atoms with Gasteiger partial charge in [-0.3, -0.25) is 0 Å². The summed E-state index contributed by atoms with van der Waals surface area (Å²) < 4.78 is 11.7. The second kappa shape index (κ2) is 7.62. The van der Waals surface area contributed by atoms with E-state index in [-0.39, 0.29) is 29.3 Å². The molecule has 0 aliphatic rings. The zero-order chi connectivity index (χ0) is 23.1. The smallest absolute Gasteiger partial charge is 0.266 e. The highest BCUT2D eigenvalue weighted by Crippen LogP contribution is 2.30. The number of hydrogen-bond acceptors (Lipinski definition) is 8. The maximum atomic E-state index is 9.40. The second-order valence-corrected chi connectivity index (χ2v) is 7.27. The Morgan fingerprint density at radius 1 is 0.706 bits per heavy atom. The van der Waals surface area contributed by atoms with Crippen molar-refractivity contribution in [2.45, 2.75) is 0 Å². The number of rotatable bonds is 3. The Balaban J connectivity index is 1.59. The molecule has 0 N–H and O–H groups in total. The van der Waals surface area contributed by atoms with Crippen molar-refractivity contribution in [1.82, 2.24) is 24.9 Å². The standard InChI is InChI=1S/C25H11N7O2/c1-27-16-11-14(13-26)10-15(12-16)21-30-22(24-28-17-6-2-4-8-19(17)33-24)32-23(31-21)25-29-18-7-3-5-9-20(18)34-25/h2-12H. The van der Waals surface area contributed by atoms with Crippen molar-refractivity contribution >= 4 is 27.9 Å². The summed E-state index contributed by atoms with van der Waals surface area (Å²) >= 11 is 0. The Labute approximate surface area is 191 Å². The molecule has 0 aliphatic heterocycles. The van der Waals surface area contributed by atoms with Crippen LogP contribution in [-0.2, 0) is 0 Å². The van der Waals surface area contributed by atoms with Crippen molar-refractivity contribution < 1.29 is 8.83 Å². The molecule has 0 aliphatic carbocycles. The largest absolute Gasteiger partial charge is 0.434 e. The zero-order valence-electron chi connectivity index (χ0n) is 17.3. The van der Waals surface area contributed by atoms with Gasteiger partial charge >= 0.3 is 0 Å². The summed E-state index contributed by atoms with van der Waals surface area (Å²) in [6.45, 7) is 7.36. The molecule has 158 valence electrons. The lowest BCUT2D eigenvalue weighted by atomic mass is 10.1. The number of fused-ring (bicyclic) bond motifs is 2. The minimum atomic E-state index is 0.171. The molecule has 0 amide bonds. The van der Waals surface area contributed by atoms with Crippen molar-refractivity contribution in [3.8, 4) is 40.9 Å². The summed E-state index contributed by atoms with van der Waals surface area (Å²) in [7, 11) is 0. The quantitative estimate of drug-likeness (QED) is 0.327. The maximum absolute atomic E-state index is 9.40. The van der Waals surface area contributed by atoms with Gasteiger partial charge in [0.15, 0.2) is 22.7 Å². The fourth-order valence-corrected chi connectivity index (χ4v) is 3.50. The van der Waals surface area contributed by atoms with Gasteiger partial charge in [-0.1, -0.05) is 24.3 Å². The molecule has 6 rings (SSSR count). The van der Waals surface area contributed by atoms with Crippen molar-refractivity contribution in [3.05, 3.63) is 83.7 Å². The van der Waals surface area contributed by atoms with E-state index in [4.69, 9.17) is 15.4 Å². The van der Waals surface area contributed by atoms with Crippen LogP contribution in [0.1, 0.15) is 5.56 Å². The third-order valence-corrected chi connectivity index (χ3v) is 5.04. The molecule has 9 nitrogen and oxygen atoms in total. The highest BCUT2D eigenvalue weighted by molar-refractivity contribution is 5.77. The number of benzene rings is 3. The maximum Gasteiger partial charge on any atom is 0.266 e. The van der Waals surface area contributed by atoms with Gasteiger partial charge < -0.3 is 8.83 Å². The highest BCUT2D eigenvalue weighted by Gasteiger charge is 2.20. The lowest BCUT2D eigenvalue weighted by Crippen LogP contribution is -2.00. The van der Waals surface area contributed by atoms with Gasteiger partial charge in [0.25, 0.3) is 11.8 Å². The molecule has 34 heavy (non-hydrogen) atoms. The number of para-hydroxylation sites is 4. The number of hydrogen-bond donors (Lipinski definition) is 0. The van der Waals surface area contributed by atoms with Crippen LogP contribution >= 0.6 is 0 Å². The number of nitrogens with zero attached hydrogens (tertiary/aromatic N) is 7. The SMILES string of the molecule is [C-]#[N+]c1cc(C#N)cc(-c2nc(-c3nc4ccccc4o3)nc(-c3nc4ccccc4o3)n2)c1. The molecule has 0 spiro atoms. The molecule has 6 aromatic rings. The Kier molecular flexibility index (Phi) is 4.32. The Bertz CT molecular complexity index is 1610. The molecule has 9 heteroatoms. The van der Waals surface area contributed by atoms with E-state index in [0.717, 1.165) is 0 Å². The van der Waals surface area contributed by atoms with Crippen molar-refractivity contribution in [1.29, 1.82) is 5.26 Å². The first kappa shape index (κ1) is 19.3. The van der Waals surface area contributed by atoms with E-state index in [0.29, 0.717) is 39.0 Å². The number of oxazole rings is 2. The monoisotopic (exact) mass is 441 g/mol. The van der Waals surface area contributed by atoms with E-state index in [1.165, 1.54) is 6.07 Å². The minimum absolute atomic E-state index is 0.171. The van der Waals surface area contributed by atoms with Gasteiger partial charge in [0, 0.05) is 11.1 Å². The van der Waals surface area contributed by atoms with Crippen LogP contribution < -0.4 is 0 Å². The molecule has 0 saturated heterocycles. The Morgan fingerprint density at radius 3 is 1.79 bits per heavy atom. The van der Waals surface area contributed by atoms with Crippen LogP contribution in [0, 0.1) is 17.9 Å². The molecule has 0 fully saturated rings. The molecule has 0 saturated carbocycles. The molecule has 3 heterocycles. The van der Waals surface area contributed by atoms with E-state index in [9.17, 15) is 5.26 Å². The molecular weight excluding hydrogens is 430 g/mol. The average molecular weight is 441 g/mol. The molecule has 3 aromatic heterocycles. The number of nitriles is 1. The van der Waals surface area contributed by atoms with Crippen LogP contribution in [0.3, 0.4) is 0 Å². The van der Waals surface area contributed by atoms with Crippen LogP contribution in [0.5, 0.6) is 0 Å². The highest BCUT2D eigenvalue weighted by atomic mass is 16.4. The summed E-state index contributed by atoms with van der Waals surface area (Å²) in [4.78, 5) is 26.0. The first-order valence-corrected chi connectivity index (χ1v) is 10.1. The van der Waals surface area contributed by atoms with Crippen LogP contribution in [0.15, 0.2) is 75.6 Å². The lowest BCUT2D eigenvalue weighted by Gasteiger charge is -2.05. The van der Waals surface area contributed by atoms with E-state index < -0.39 is 0 Å². The fraction of sp³-hybridized carbons (Fsp3) is 0. The van der Waals surface area contributed by atoms with Gasteiger partial charge in [-0.2, -0.15) is 10.2 Å². The topological polar surface area (TPSA) is 119 Å². The molecule has 3 aromatic carbocycles. The minimum Gasteiger partial charge on any atom is -0.434 e. The van der Waals surface area contributed by atoms with Crippen molar-refractivity contribution in [2.24, 2.45) is 0 Å². The van der Waals surface area contributed by atoms with Crippen LogP contribution in [0.4, 0.5) is 5.69 Å². The van der Waals surface area contributed by atoms with E-state index in [1.54, 1.807) is 24.3 Å². The predicted octanol–water partition coefficient (Wildman–Crippen LogP) is 5.58. The van der Waals surface area contributed by atoms with Gasteiger partial charge in [0.1, 0.15) is 11.0 Å². The van der Waals surface area contributed by atoms with Gasteiger partial charge in [0.2, 0.25) is 11.6 Å². The van der Waals surface area contributed by atoms with Crippen LogP contribution in [0.2, 0.25) is 0 Å². The molecular formula is C25H11N7O2. The fourth-order valence-electron chi connectivity index (χ4n) is 3.50. The van der Waals surface area contributed by atoms with Crippen LogP contribution in [0.25, 0.3) is 61.9 Å². The second-order valence-electron chi connectivity index (χ2n) is 7.27. The summed E-state index contributed by atoms with van der Waals surface area (Å²) in [5.41, 5.74) is 3.57. The van der Waals surface area contributed by atoms with Crippen molar-refractivity contribution in [3.63, 3.8) is 0 Å². The normalized spacial score (nSPS) is 10.9. The first-order chi connectivity index (χ1) is 16.7. The van der Waals surface area contributed by atoms with Gasteiger partial charge in [-0.15, -0.1) is 0 Å². The summed E-state index contributed by atoms with van der Waals surface area (Å²) in [6, 6.07) is 21.4. The Hall–Kier alpha value is -5.41. The zero-order valence-corrected chi connectivity index (χ0v) is 17.3. The predicted molar refractivity (Wildman–Crippen MR) is 122 cm³/mol. The summed E-state index contributed by atoms with van der Waals surface area (Å²) in [6.07, 6.45) is 0. The van der Waals surface area contributed by atoms with E-state index in [1.807, 2.05) is 36.4 Å². The first-order valence-electron chi connectivity index (χ1n) is 10.1. The van der Waals surface area contributed by atoms with Gasteiger partial charge in [-0.05, 0) is 42.5 Å². The molecule has 0 bridgehead atoms. The molecule has 0 radical (unpaired) electrons. The Morgan fingerprint density at radius 2 is 1.26 bits per heavy atom. The van der Waals surface area contributed by atoms with Gasteiger partial charge in [0.05, 0.1) is 12.6 Å². The summed E-state index contributed by atoms with van der Waals surface area (Å²) in [5.74, 6) is 0.968. The third-order valence-electron chi connectivity index (χ3n) is 5.04. The molecule has 0 unspecified atom stereocenters. The van der Waals surface area contributed by atoms with Crippen LogP contribution in [-0.4, -0.2) is 24.9 Å².